The third kappa shape index (κ3) is 6.49. The molecule has 1 N–H and O–H groups in total. The van der Waals surface area contributed by atoms with Gasteiger partial charge in [-0.25, -0.2) is 8.78 Å². The van der Waals surface area contributed by atoms with Gasteiger partial charge in [-0.05, 0) is 34.0 Å². The molecule has 0 spiro atoms. The van der Waals surface area contributed by atoms with E-state index in [9.17, 15) is 8.78 Å². The van der Waals surface area contributed by atoms with Crippen LogP contribution in [0.1, 0.15) is 13.3 Å². The van der Waals surface area contributed by atoms with Crippen molar-refractivity contribution in [3.63, 3.8) is 0 Å². The van der Waals surface area contributed by atoms with Gasteiger partial charge in [0.15, 0.2) is 0 Å². The van der Waals surface area contributed by atoms with Crippen molar-refractivity contribution in [1.82, 2.24) is 10.2 Å². The first kappa shape index (κ1) is 11.8. The molecule has 0 fully saturated rings. The number of halogens is 2. The third-order valence-corrected chi connectivity index (χ3v) is 1.89. The Morgan fingerprint density at radius 2 is 2.00 bits per heavy atom. The Hall–Kier alpha value is -0.220. The summed E-state index contributed by atoms with van der Waals surface area (Å²) >= 11 is 0. The molecule has 0 rings (SSSR count). The highest BCUT2D eigenvalue weighted by atomic mass is 19.3. The second kappa shape index (κ2) is 6.31. The summed E-state index contributed by atoms with van der Waals surface area (Å²) in [7, 11) is 3.59. The van der Waals surface area contributed by atoms with Crippen LogP contribution in [-0.2, 0) is 0 Å². The molecule has 0 radical (unpaired) electrons. The summed E-state index contributed by atoms with van der Waals surface area (Å²) in [4.78, 5) is 1.65. The summed E-state index contributed by atoms with van der Waals surface area (Å²) in [5.41, 5.74) is 0. The van der Waals surface area contributed by atoms with Crippen LogP contribution >= 0.6 is 0 Å². The van der Waals surface area contributed by atoms with Crippen molar-refractivity contribution >= 4 is 0 Å². The van der Waals surface area contributed by atoms with E-state index in [1.54, 1.807) is 11.9 Å². The molecule has 0 saturated heterocycles. The van der Waals surface area contributed by atoms with Crippen molar-refractivity contribution in [3.8, 4) is 0 Å². The normalized spacial score (nSPS) is 14.2. The summed E-state index contributed by atoms with van der Waals surface area (Å²) in [6.07, 6.45) is -1.32. The van der Waals surface area contributed by atoms with Crippen molar-refractivity contribution in [2.75, 3.05) is 27.2 Å². The first-order valence-electron chi connectivity index (χ1n) is 4.20. The zero-order valence-electron chi connectivity index (χ0n) is 7.98. The minimum absolute atomic E-state index is 0.129. The average molecular weight is 180 g/mol. The van der Waals surface area contributed by atoms with E-state index in [0.29, 0.717) is 12.6 Å². The summed E-state index contributed by atoms with van der Waals surface area (Å²) in [6, 6.07) is 0.394. The van der Waals surface area contributed by atoms with Gasteiger partial charge in [0.25, 0.3) is 6.43 Å². The standard InChI is InChI=1S/C8H18F2N2/c1-7(11-2)4-5-12(3)6-8(9)10/h7-8,11H,4-6H2,1-3H3. The van der Waals surface area contributed by atoms with E-state index in [2.05, 4.69) is 5.32 Å². The van der Waals surface area contributed by atoms with Gasteiger partial charge < -0.3 is 10.2 Å². The average Bonchev–Trinajstić information content (AvgIpc) is 1.99. The Bertz CT molecular complexity index is 109. The number of hydrogen-bond donors (Lipinski definition) is 1. The van der Waals surface area contributed by atoms with Gasteiger partial charge in [0, 0.05) is 6.04 Å². The monoisotopic (exact) mass is 180 g/mol. The van der Waals surface area contributed by atoms with E-state index in [0.717, 1.165) is 6.42 Å². The Morgan fingerprint density at radius 3 is 2.42 bits per heavy atom. The fraction of sp³-hybridized carbons (Fsp3) is 1.00. The molecular weight excluding hydrogens is 162 g/mol. The van der Waals surface area contributed by atoms with E-state index in [1.807, 2.05) is 14.0 Å². The Kier molecular flexibility index (Phi) is 6.20. The smallest absolute Gasteiger partial charge is 0.251 e. The molecule has 0 aliphatic carbocycles. The Labute approximate surface area is 72.9 Å². The largest absolute Gasteiger partial charge is 0.317 e. The molecule has 1 atom stereocenters. The van der Waals surface area contributed by atoms with Crippen molar-refractivity contribution < 1.29 is 8.78 Å². The highest BCUT2D eigenvalue weighted by Gasteiger charge is 2.08. The van der Waals surface area contributed by atoms with Gasteiger partial charge in [-0.15, -0.1) is 0 Å². The van der Waals surface area contributed by atoms with E-state index >= 15 is 0 Å². The highest BCUT2D eigenvalue weighted by Crippen LogP contribution is 1.98. The van der Waals surface area contributed by atoms with Crippen LogP contribution in [0.5, 0.6) is 0 Å². The minimum atomic E-state index is -2.22. The summed E-state index contributed by atoms with van der Waals surface area (Å²) in [5.74, 6) is 0. The van der Waals surface area contributed by atoms with Crippen LogP contribution < -0.4 is 5.32 Å². The molecule has 0 aromatic heterocycles. The predicted octanol–water partition coefficient (Wildman–Crippen LogP) is 1.18. The number of hydrogen-bond acceptors (Lipinski definition) is 2. The fourth-order valence-corrected chi connectivity index (χ4v) is 0.885. The molecule has 0 saturated carbocycles. The van der Waals surface area contributed by atoms with Gasteiger partial charge in [0.1, 0.15) is 0 Å². The zero-order chi connectivity index (χ0) is 9.56. The lowest BCUT2D eigenvalue weighted by molar-refractivity contribution is 0.0988. The SMILES string of the molecule is CNC(C)CCN(C)CC(F)F. The first-order valence-corrected chi connectivity index (χ1v) is 4.20. The van der Waals surface area contributed by atoms with Crippen LogP contribution in [0.25, 0.3) is 0 Å². The molecule has 0 amide bonds. The third-order valence-electron chi connectivity index (χ3n) is 1.89. The molecule has 0 aromatic rings. The van der Waals surface area contributed by atoms with Crippen LogP contribution in [0, 0.1) is 0 Å². The fourth-order valence-electron chi connectivity index (χ4n) is 0.885. The quantitative estimate of drug-likeness (QED) is 0.660. The molecule has 0 bridgehead atoms. The predicted molar refractivity (Wildman–Crippen MR) is 46.6 cm³/mol. The van der Waals surface area contributed by atoms with Crippen LogP contribution in [0.3, 0.4) is 0 Å². The molecule has 0 aliphatic heterocycles. The van der Waals surface area contributed by atoms with Crippen LogP contribution in [0.4, 0.5) is 8.78 Å². The maximum atomic E-state index is 11.8. The van der Waals surface area contributed by atoms with Gasteiger partial charge in [-0.2, -0.15) is 0 Å². The summed E-state index contributed by atoms with van der Waals surface area (Å²) < 4.78 is 23.7. The van der Waals surface area contributed by atoms with Crippen molar-refractivity contribution in [1.29, 1.82) is 0 Å². The number of rotatable bonds is 6. The lowest BCUT2D eigenvalue weighted by Crippen LogP contribution is -2.31. The molecule has 12 heavy (non-hydrogen) atoms. The van der Waals surface area contributed by atoms with Gasteiger partial charge in [0.2, 0.25) is 0 Å². The van der Waals surface area contributed by atoms with E-state index < -0.39 is 6.43 Å². The first-order chi connectivity index (χ1) is 5.56. The second-order valence-corrected chi connectivity index (χ2v) is 3.13. The van der Waals surface area contributed by atoms with Crippen molar-refractivity contribution in [3.05, 3.63) is 0 Å². The van der Waals surface area contributed by atoms with Crippen molar-refractivity contribution in [2.24, 2.45) is 0 Å². The molecule has 74 valence electrons. The number of nitrogens with zero attached hydrogens (tertiary/aromatic N) is 1. The van der Waals surface area contributed by atoms with Gasteiger partial charge in [-0.3, -0.25) is 0 Å². The number of nitrogens with one attached hydrogen (secondary N) is 1. The molecular formula is C8H18F2N2. The topological polar surface area (TPSA) is 15.3 Å². The Balaban J connectivity index is 3.36. The van der Waals surface area contributed by atoms with E-state index in [4.69, 9.17) is 0 Å². The van der Waals surface area contributed by atoms with Crippen LogP contribution in [0.2, 0.25) is 0 Å². The van der Waals surface area contributed by atoms with Crippen LogP contribution in [0.15, 0.2) is 0 Å². The lowest BCUT2D eigenvalue weighted by Gasteiger charge is -2.18. The van der Waals surface area contributed by atoms with Crippen LogP contribution in [-0.4, -0.2) is 44.6 Å². The summed E-state index contributed by atoms with van der Waals surface area (Å²) in [5, 5.41) is 3.06. The zero-order valence-corrected chi connectivity index (χ0v) is 7.98. The molecule has 0 heterocycles. The maximum absolute atomic E-state index is 11.8. The van der Waals surface area contributed by atoms with E-state index in [1.165, 1.54) is 0 Å². The van der Waals surface area contributed by atoms with Gasteiger partial charge >= 0.3 is 0 Å². The van der Waals surface area contributed by atoms with Gasteiger partial charge in [0.05, 0.1) is 6.54 Å². The van der Waals surface area contributed by atoms with Crippen molar-refractivity contribution in [2.45, 2.75) is 25.8 Å². The molecule has 2 nitrogen and oxygen atoms in total. The van der Waals surface area contributed by atoms with Gasteiger partial charge in [-0.1, -0.05) is 0 Å². The molecule has 1 unspecified atom stereocenters. The molecule has 0 aliphatic rings. The maximum Gasteiger partial charge on any atom is 0.251 e. The Morgan fingerprint density at radius 1 is 1.42 bits per heavy atom. The number of alkyl halides is 2. The molecule has 4 heteroatoms. The highest BCUT2D eigenvalue weighted by molar-refractivity contribution is 4.61. The second-order valence-electron chi connectivity index (χ2n) is 3.13. The minimum Gasteiger partial charge on any atom is -0.317 e. The molecule has 0 aromatic carbocycles. The lowest BCUT2D eigenvalue weighted by atomic mass is 10.2. The summed E-state index contributed by atoms with van der Waals surface area (Å²) in [6.45, 7) is 2.62. The van der Waals surface area contributed by atoms with E-state index in [-0.39, 0.29) is 6.54 Å².